The lowest BCUT2D eigenvalue weighted by Gasteiger charge is -2.37. The highest BCUT2D eigenvalue weighted by Gasteiger charge is 2.22. The van der Waals surface area contributed by atoms with Crippen LogP contribution in [0.5, 0.6) is 0 Å². The van der Waals surface area contributed by atoms with Gasteiger partial charge in [0.25, 0.3) is 0 Å². The number of hydrogen-bond acceptors (Lipinski definition) is 6. The van der Waals surface area contributed by atoms with E-state index in [0.29, 0.717) is 11.1 Å². The highest BCUT2D eigenvalue weighted by Crippen LogP contribution is 2.26. The topological polar surface area (TPSA) is 59.6 Å². The summed E-state index contributed by atoms with van der Waals surface area (Å²) in [6.45, 7) is 12.2. The largest absolute Gasteiger partial charge is 0.368 e. The summed E-state index contributed by atoms with van der Waals surface area (Å²) in [5.41, 5.74) is 1.16. The first kappa shape index (κ1) is 23.5. The molecule has 0 saturated carbocycles. The zero-order chi connectivity index (χ0) is 23.3. The molecule has 2 aliphatic heterocycles. The third kappa shape index (κ3) is 6.69. The SMILES string of the molecule is CC(C)(C)NC(=S)Nc1nc(N2CCCCCC2)cc(N2CCN(c3ccccc3)CC2)n1. The van der Waals surface area contributed by atoms with Gasteiger partial charge in [-0.2, -0.15) is 9.97 Å². The summed E-state index contributed by atoms with van der Waals surface area (Å²) in [4.78, 5) is 17.0. The van der Waals surface area contributed by atoms with Crippen molar-refractivity contribution >= 4 is 40.6 Å². The molecule has 0 bridgehead atoms. The zero-order valence-corrected chi connectivity index (χ0v) is 21.0. The number of nitrogens with zero attached hydrogens (tertiary/aromatic N) is 5. The average molecular weight is 468 g/mol. The van der Waals surface area contributed by atoms with Crippen LogP contribution < -0.4 is 25.3 Å². The minimum atomic E-state index is -0.122. The van der Waals surface area contributed by atoms with Crippen molar-refractivity contribution in [2.45, 2.75) is 52.0 Å². The monoisotopic (exact) mass is 467 g/mol. The summed E-state index contributed by atoms with van der Waals surface area (Å²) >= 11 is 5.54. The Balaban J connectivity index is 1.53. The van der Waals surface area contributed by atoms with Gasteiger partial charge in [-0.1, -0.05) is 31.0 Å². The summed E-state index contributed by atoms with van der Waals surface area (Å²) in [5.74, 6) is 2.53. The van der Waals surface area contributed by atoms with Crippen molar-refractivity contribution in [2.24, 2.45) is 0 Å². The maximum atomic E-state index is 5.54. The number of para-hydroxylation sites is 1. The number of anilines is 4. The molecule has 0 radical (unpaired) electrons. The Morgan fingerprint density at radius 3 is 1.91 bits per heavy atom. The molecule has 1 aromatic carbocycles. The van der Waals surface area contributed by atoms with Gasteiger partial charge in [0.1, 0.15) is 11.6 Å². The first-order valence-electron chi connectivity index (χ1n) is 12.2. The standard InChI is InChI=1S/C25H37N7S/c1-25(2,3)29-24(33)28-23-26-21(31-13-9-4-5-10-14-31)19-22(27-23)32-17-15-30(16-18-32)20-11-7-6-8-12-20/h6-8,11-12,19H,4-5,9-10,13-18H2,1-3H3,(H2,26,27,28,29,33). The van der Waals surface area contributed by atoms with Crippen LogP contribution >= 0.6 is 12.2 Å². The van der Waals surface area contributed by atoms with Gasteiger partial charge in [-0.3, -0.25) is 0 Å². The molecule has 2 saturated heterocycles. The predicted molar refractivity (Wildman–Crippen MR) is 143 cm³/mol. The first-order valence-corrected chi connectivity index (χ1v) is 12.6. The Kier molecular flexibility index (Phi) is 7.53. The molecule has 1 aromatic heterocycles. The molecular weight excluding hydrogens is 430 g/mol. The maximum absolute atomic E-state index is 5.54. The Morgan fingerprint density at radius 2 is 1.33 bits per heavy atom. The number of benzene rings is 1. The predicted octanol–water partition coefficient (Wildman–Crippen LogP) is 4.27. The van der Waals surface area contributed by atoms with Crippen LogP contribution in [-0.2, 0) is 0 Å². The second kappa shape index (κ2) is 10.5. The molecule has 0 unspecified atom stereocenters. The second-order valence-electron chi connectivity index (χ2n) is 9.95. The van der Waals surface area contributed by atoms with Gasteiger partial charge >= 0.3 is 0 Å². The molecule has 3 heterocycles. The molecule has 7 nitrogen and oxygen atoms in total. The maximum Gasteiger partial charge on any atom is 0.232 e. The number of rotatable bonds is 4. The molecule has 0 spiro atoms. The molecule has 0 aliphatic carbocycles. The summed E-state index contributed by atoms with van der Waals surface area (Å²) in [5, 5.41) is 7.10. The van der Waals surface area contributed by atoms with Gasteiger partial charge in [0, 0.05) is 56.6 Å². The van der Waals surface area contributed by atoms with E-state index in [-0.39, 0.29) is 5.54 Å². The molecule has 0 amide bonds. The van der Waals surface area contributed by atoms with Gasteiger partial charge in [-0.25, -0.2) is 0 Å². The molecule has 178 valence electrons. The van der Waals surface area contributed by atoms with Crippen LogP contribution in [0.15, 0.2) is 36.4 Å². The molecule has 2 aliphatic rings. The smallest absolute Gasteiger partial charge is 0.232 e. The van der Waals surface area contributed by atoms with E-state index in [1.54, 1.807) is 0 Å². The van der Waals surface area contributed by atoms with E-state index in [0.717, 1.165) is 50.9 Å². The highest BCUT2D eigenvalue weighted by molar-refractivity contribution is 7.80. The minimum absolute atomic E-state index is 0.122. The molecule has 4 rings (SSSR count). The summed E-state index contributed by atoms with van der Waals surface area (Å²) in [6, 6.07) is 12.8. The molecule has 33 heavy (non-hydrogen) atoms. The Bertz CT molecular complexity index is 912. The van der Waals surface area contributed by atoms with Crippen LogP contribution in [0.2, 0.25) is 0 Å². The Hall–Kier alpha value is -2.61. The van der Waals surface area contributed by atoms with Gasteiger partial charge in [0.05, 0.1) is 0 Å². The van der Waals surface area contributed by atoms with Crippen LogP contribution in [0.1, 0.15) is 46.5 Å². The molecular formula is C25H37N7S. The van der Waals surface area contributed by atoms with Crippen molar-refractivity contribution < 1.29 is 0 Å². The third-order valence-electron chi connectivity index (χ3n) is 6.07. The lowest BCUT2D eigenvalue weighted by Crippen LogP contribution is -2.47. The highest BCUT2D eigenvalue weighted by atomic mass is 32.1. The summed E-state index contributed by atoms with van der Waals surface area (Å²) in [6.07, 6.45) is 5.00. The second-order valence-corrected chi connectivity index (χ2v) is 10.4. The van der Waals surface area contributed by atoms with Crippen LogP contribution in [0.25, 0.3) is 0 Å². The molecule has 2 aromatic rings. The van der Waals surface area contributed by atoms with Gasteiger partial charge in [0.15, 0.2) is 5.11 Å². The number of nitrogens with one attached hydrogen (secondary N) is 2. The van der Waals surface area contributed by atoms with E-state index < -0.39 is 0 Å². The van der Waals surface area contributed by atoms with Crippen LogP contribution in [-0.4, -0.2) is 59.9 Å². The molecule has 0 atom stereocenters. The lowest BCUT2D eigenvalue weighted by molar-refractivity contribution is 0.514. The van der Waals surface area contributed by atoms with Crippen molar-refractivity contribution in [1.82, 2.24) is 15.3 Å². The van der Waals surface area contributed by atoms with Crippen molar-refractivity contribution in [1.29, 1.82) is 0 Å². The van der Waals surface area contributed by atoms with Crippen molar-refractivity contribution in [2.75, 3.05) is 59.3 Å². The lowest BCUT2D eigenvalue weighted by atomic mass is 10.1. The molecule has 8 heteroatoms. The van der Waals surface area contributed by atoms with E-state index in [9.17, 15) is 0 Å². The van der Waals surface area contributed by atoms with Crippen LogP contribution in [0.3, 0.4) is 0 Å². The van der Waals surface area contributed by atoms with Gasteiger partial charge in [0.2, 0.25) is 5.95 Å². The fourth-order valence-electron chi connectivity index (χ4n) is 4.41. The summed E-state index contributed by atoms with van der Waals surface area (Å²) < 4.78 is 0. The Morgan fingerprint density at radius 1 is 0.788 bits per heavy atom. The zero-order valence-electron chi connectivity index (χ0n) is 20.2. The molecule has 2 fully saturated rings. The van der Waals surface area contributed by atoms with E-state index in [4.69, 9.17) is 22.2 Å². The minimum Gasteiger partial charge on any atom is -0.368 e. The van der Waals surface area contributed by atoms with Crippen molar-refractivity contribution in [3.63, 3.8) is 0 Å². The quantitative estimate of drug-likeness (QED) is 0.647. The van der Waals surface area contributed by atoms with Gasteiger partial charge in [-0.05, 0) is 58.0 Å². The van der Waals surface area contributed by atoms with Crippen molar-refractivity contribution in [3.8, 4) is 0 Å². The number of thiocarbonyl (C=S) groups is 1. The normalized spacial score (nSPS) is 17.5. The number of hydrogen-bond donors (Lipinski definition) is 2. The van der Waals surface area contributed by atoms with E-state index in [1.165, 1.54) is 31.4 Å². The van der Waals surface area contributed by atoms with Gasteiger partial charge in [-0.15, -0.1) is 0 Å². The summed E-state index contributed by atoms with van der Waals surface area (Å²) in [7, 11) is 0. The van der Waals surface area contributed by atoms with Crippen molar-refractivity contribution in [3.05, 3.63) is 36.4 Å². The number of piperazine rings is 1. The van der Waals surface area contributed by atoms with Crippen LogP contribution in [0.4, 0.5) is 23.3 Å². The van der Waals surface area contributed by atoms with Gasteiger partial charge < -0.3 is 25.3 Å². The fourth-order valence-corrected chi connectivity index (χ4v) is 4.81. The van der Waals surface area contributed by atoms with Crippen LogP contribution in [0, 0.1) is 0 Å². The Labute approximate surface area is 203 Å². The average Bonchev–Trinajstić information content (AvgIpc) is 3.08. The number of aromatic nitrogens is 2. The molecule has 2 N–H and O–H groups in total. The van der Waals surface area contributed by atoms with E-state index in [2.05, 4.69) is 82.5 Å². The van der Waals surface area contributed by atoms with E-state index >= 15 is 0 Å². The fraction of sp³-hybridized carbons (Fsp3) is 0.560. The first-order chi connectivity index (χ1) is 15.9. The van der Waals surface area contributed by atoms with E-state index in [1.807, 2.05) is 0 Å². The third-order valence-corrected chi connectivity index (χ3v) is 6.27.